The SMILES string of the molecule is CC(C)SCC(NN)c1ccc(F)cc1F. The van der Waals surface area contributed by atoms with Gasteiger partial charge in [0.25, 0.3) is 0 Å². The maximum Gasteiger partial charge on any atom is 0.130 e. The van der Waals surface area contributed by atoms with E-state index in [9.17, 15) is 8.78 Å². The molecule has 0 amide bonds. The molecule has 0 fully saturated rings. The molecule has 0 aliphatic carbocycles. The zero-order valence-corrected chi connectivity index (χ0v) is 10.2. The third kappa shape index (κ3) is 3.73. The van der Waals surface area contributed by atoms with Crippen LogP contribution in [0.3, 0.4) is 0 Å². The number of benzene rings is 1. The van der Waals surface area contributed by atoms with Crippen LogP contribution in [0.5, 0.6) is 0 Å². The van der Waals surface area contributed by atoms with Crippen molar-refractivity contribution in [2.45, 2.75) is 25.1 Å². The van der Waals surface area contributed by atoms with Crippen molar-refractivity contribution in [2.75, 3.05) is 5.75 Å². The van der Waals surface area contributed by atoms with Gasteiger partial charge in [0.05, 0.1) is 6.04 Å². The summed E-state index contributed by atoms with van der Waals surface area (Å²) in [4.78, 5) is 0. The van der Waals surface area contributed by atoms with Crippen LogP contribution in [0.4, 0.5) is 8.78 Å². The van der Waals surface area contributed by atoms with Gasteiger partial charge in [0.1, 0.15) is 11.6 Å². The molecule has 0 spiro atoms. The van der Waals surface area contributed by atoms with Crippen LogP contribution >= 0.6 is 11.8 Å². The first-order chi connectivity index (χ1) is 7.54. The summed E-state index contributed by atoms with van der Waals surface area (Å²) in [7, 11) is 0. The van der Waals surface area contributed by atoms with E-state index in [-0.39, 0.29) is 6.04 Å². The smallest absolute Gasteiger partial charge is 0.130 e. The van der Waals surface area contributed by atoms with Gasteiger partial charge in [-0.15, -0.1) is 0 Å². The van der Waals surface area contributed by atoms with Crippen LogP contribution in [0, 0.1) is 11.6 Å². The van der Waals surface area contributed by atoms with Crippen LogP contribution in [-0.4, -0.2) is 11.0 Å². The van der Waals surface area contributed by atoms with Gasteiger partial charge in [-0.1, -0.05) is 19.9 Å². The lowest BCUT2D eigenvalue weighted by Gasteiger charge is -2.17. The third-order valence-corrected chi connectivity index (χ3v) is 3.33. The molecule has 0 saturated carbocycles. The second-order valence-corrected chi connectivity index (χ2v) is 5.38. The van der Waals surface area contributed by atoms with E-state index in [1.54, 1.807) is 11.8 Å². The summed E-state index contributed by atoms with van der Waals surface area (Å²) >= 11 is 1.67. The van der Waals surface area contributed by atoms with Crippen molar-refractivity contribution < 1.29 is 8.78 Å². The quantitative estimate of drug-likeness (QED) is 0.619. The number of thioether (sulfide) groups is 1. The van der Waals surface area contributed by atoms with Crippen molar-refractivity contribution in [1.82, 2.24) is 5.43 Å². The average Bonchev–Trinajstić information content (AvgIpc) is 2.21. The van der Waals surface area contributed by atoms with E-state index in [2.05, 4.69) is 19.3 Å². The first-order valence-corrected chi connectivity index (χ1v) is 6.12. The second kappa shape index (κ2) is 6.18. The Morgan fingerprint density at radius 2 is 2.06 bits per heavy atom. The first kappa shape index (κ1) is 13.4. The largest absolute Gasteiger partial charge is 0.271 e. The minimum Gasteiger partial charge on any atom is -0.271 e. The Labute approximate surface area is 98.6 Å². The number of hydrazine groups is 1. The van der Waals surface area contributed by atoms with Gasteiger partial charge in [-0.3, -0.25) is 11.3 Å². The number of halogens is 2. The first-order valence-electron chi connectivity index (χ1n) is 5.07. The van der Waals surface area contributed by atoms with E-state index in [0.29, 0.717) is 16.6 Å². The molecule has 0 heterocycles. The molecule has 1 aromatic rings. The molecule has 1 rings (SSSR count). The van der Waals surface area contributed by atoms with E-state index in [1.807, 2.05) is 0 Å². The van der Waals surface area contributed by atoms with Gasteiger partial charge in [0.2, 0.25) is 0 Å². The summed E-state index contributed by atoms with van der Waals surface area (Å²) < 4.78 is 26.2. The van der Waals surface area contributed by atoms with Crippen LogP contribution in [0.15, 0.2) is 18.2 Å². The van der Waals surface area contributed by atoms with Crippen molar-refractivity contribution in [3.8, 4) is 0 Å². The van der Waals surface area contributed by atoms with E-state index in [0.717, 1.165) is 6.07 Å². The Morgan fingerprint density at radius 1 is 1.38 bits per heavy atom. The molecule has 2 nitrogen and oxygen atoms in total. The molecule has 0 saturated heterocycles. The van der Waals surface area contributed by atoms with E-state index in [4.69, 9.17) is 5.84 Å². The van der Waals surface area contributed by atoms with Crippen LogP contribution in [0.1, 0.15) is 25.5 Å². The number of nitrogens with two attached hydrogens (primary N) is 1. The van der Waals surface area contributed by atoms with Gasteiger partial charge in [-0.05, 0) is 11.3 Å². The van der Waals surface area contributed by atoms with Crippen molar-refractivity contribution in [3.63, 3.8) is 0 Å². The maximum atomic E-state index is 13.5. The zero-order valence-electron chi connectivity index (χ0n) is 9.34. The highest BCUT2D eigenvalue weighted by Crippen LogP contribution is 2.23. The second-order valence-electron chi connectivity index (χ2n) is 3.77. The highest BCUT2D eigenvalue weighted by molar-refractivity contribution is 7.99. The highest BCUT2D eigenvalue weighted by atomic mass is 32.2. The number of hydrogen-bond acceptors (Lipinski definition) is 3. The predicted octanol–water partition coefficient (Wildman–Crippen LogP) is 2.61. The van der Waals surface area contributed by atoms with Gasteiger partial charge < -0.3 is 0 Å². The Balaban J connectivity index is 2.78. The number of nitrogens with one attached hydrogen (secondary N) is 1. The molecule has 90 valence electrons. The number of hydrogen-bond donors (Lipinski definition) is 2. The Bertz CT molecular complexity index is 345. The normalized spacial score (nSPS) is 13.1. The molecule has 1 atom stereocenters. The Morgan fingerprint density at radius 3 is 2.56 bits per heavy atom. The van der Waals surface area contributed by atoms with Crippen molar-refractivity contribution in [1.29, 1.82) is 0 Å². The highest BCUT2D eigenvalue weighted by Gasteiger charge is 2.15. The monoisotopic (exact) mass is 246 g/mol. The molecular weight excluding hydrogens is 230 g/mol. The summed E-state index contributed by atoms with van der Waals surface area (Å²) in [5.41, 5.74) is 2.95. The molecule has 0 radical (unpaired) electrons. The summed E-state index contributed by atoms with van der Waals surface area (Å²) in [6, 6.07) is 3.24. The van der Waals surface area contributed by atoms with Crippen LogP contribution in [0.2, 0.25) is 0 Å². The summed E-state index contributed by atoms with van der Waals surface area (Å²) in [5, 5.41) is 0.444. The maximum absolute atomic E-state index is 13.5. The van der Waals surface area contributed by atoms with Crippen LogP contribution in [0.25, 0.3) is 0 Å². The molecule has 3 N–H and O–H groups in total. The molecule has 0 aliphatic heterocycles. The fraction of sp³-hybridized carbons (Fsp3) is 0.455. The zero-order chi connectivity index (χ0) is 12.1. The summed E-state index contributed by atoms with van der Waals surface area (Å²) in [6.45, 7) is 4.11. The summed E-state index contributed by atoms with van der Waals surface area (Å²) in [6.07, 6.45) is 0. The topological polar surface area (TPSA) is 38.0 Å². The van der Waals surface area contributed by atoms with E-state index < -0.39 is 11.6 Å². The Hall–Kier alpha value is -0.650. The van der Waals surface area contributed by atoms with E-state index >= 15 is 0 Å². The lowest BCUT2D eigenvalue weighted by molar-refractivity contribution is 0.531. The van der Waals surface area contributed by atoms with Gasteiger partial charge in [-0.25, -0.2) is 8.78 Å². The van der Waals surface area contributed by atoms with Gasteiger partial charge in [-0.2, -0.15) is 11.8 Å². The average molecular weight is 246 g/mol. The molecule has 0 aliphatic rings. The molecule has 1 aromatic carbocycles. The predicted molar refractivity (Wildman–Crippen MR) is 64.0 cm³/mol. The third-order valence-electron chi connectivity index (χ3n) is 2.14. The van der Waals surface area contributed by atoms with Crippen molar-refractivity contribution in [3.05, 3.63) is 35.4 Å². The van der Waals surface area contributed by atoms with E-state index in [1.165, 1.54) is 12.1 Å². The molecule has 1 unspecified atom stereocenters. The minimum atomic E-state index is -0.575. The summed E-state index contributed by atoms with van der Waals surface area (Å²) in [5.74, 6) is 4.89. The van der Waals surface area contributed by atoms with Gasteiger partial charge in [0, 0.05) is 17.4 Å². The fourth-order valence-electron chi connectivity index (χ4n) is 1.30. The van der Waals surface area contributed by atoms with Gasteiger partial charge >= 0.3 is 0 Å². The van der Waals surface area contributed by atoms with Gasteiger partial charge in [0.15, 0.2) is 0 Å². The lowest BCUT2D eigenvalue weighted by Crippen LogP contribution is -2.30. The molecule has 0 bridgehead atoms. The molecular formula is C11H16F2N2S. The Kier molecular flexibility index (Phi) is 5.18. The van der Waals surface area contributed by atoms with Crippen LogP contribution < -0.4 is 11.3 Å². The fourth-order valence-corrected chi connectivity index (χ4v) is 2.15. The van der Waals surface area contributed by atoms with Crippen molar-refractivity contribution >= 4 is 11.8 Å². The minimum absolute atomic E-state index is 0.298. The van der Waals surface area contributed by atoms with Crippen molar-refractivity contribution in [2.24, 2.45) is 5.84 Å². The number of rotatable bonds is 5. The lowest BCUT2D eigenvalue weighted by atomic mass is 10.1. The molecule has 0 aromatic heterocycles. The molecule has 16 heavy (non-hydrogen) atoms. The van der Waals surface area contributed by atoms with Crippen LogP contribution in [-0.2, 0) is 0 Å². The molecule has 5 heteroatoms. The standard InChI is InChI=1S/C11H16F2N2S/c1-7(2)16-6-11(15-14)9-4-3-8(12)5-10(9)13/h3-5,7,11,15H,6,14H2,1-2H3.